The van der Waals surface area contributed by atoms with Gasteiger partial charge in [-0.2, -0.15) is 0 Å². The van der Waals surface area contributed by atoms with Gasteiger partial charge in [0.05, 0.1) is 36.3 Å². The average molecular weight is 745 g/mol. The predicted octanol–water partition coefficient (Wildman–Crippen LogP) is 5.50. The first-order valence-electron chi connectivity index (χ1n) is 18.9. The number of methoxy groups -OCH3 is 3. The highest BCUT2D eigenvalue weighted by Crippen LogP contribution is 2.67. The molecule has 8 rings (SSSR count). The van der Waals surface area contributed by atoms with Gasteiger partial charge in [0.15, 0.2) is 0 Å². The van der Waals surface area contributed by atoms with Crippen LogP contribution in [0.15, 0.2) is 47.9 Å². The first kappa shape index (κ1) is 36.3. The van der Waals surface area contributed by atoms with Crippen LogP contribution < -0.4 is 9.46 Å². The summed E-state index contributed by atoms with van der Waals surface area (Å²) in [6.07, 6.45) is 6.33. The van der Waals surface area contributed by atoms with Crippen molar-refractivity contribution >= 4 is 32.7 Å². The van der Waals surface area contributed by atoms with Crippen molar-refractivity contribution in [2.24, 2.45) is 16.2 Å². The summed E-state index contributed by atoms with van der Waals surface area (Å²) in [6, 6.07) is 11.8. The Morgan fingerprint density at radius 1 is 0.925 bits per heavy atom. The van der Waals surface area contributed by atoms with E-state index in [1.165, 1.54) is 18.9 Å². The van der Waals surface area contributed by atoms with Crippen LogP contribution >= 0.6 is 0 Å². The van der Waals surface area contributed by atoms with Gasteiger partial charge in [-0.1, -0.05) is 31.9 Å². The Morgan fingerprint density at radius 2 is 1.60 bits per heavy atom. The topological polar surface area (TPSA) is 119 Å². The molecule has 2 saturated carbocycles. The van der Waals surface area contributed by atoms with E-state index < -0.39 is 21.3 Å². The number of carbonyl (C=O) groups excluding carboxylic acids is 2. The molecule has 4 fully saturated rings. The molecule has 2 saturated heterocycles. The van der Waals surface area contributed by atoms with Gasteiger partial charge in [-0.3, -0.25) is 9.59 Å². The Labute approximate surface area is 312 Å². The first-order chi connectivity index (χ1) is 25.3. The number of fused-ring (bicyclic) bond motifs is 8. The third-order valence-electron chi connectivity index (χ3n) is 13.3. The number of allylic oxidation sites excluding steroid dienone is 1. The molecule has 3 aromatic rings. The third-order valence-corrected chi connectivity index (χ3v) is 14.7. The molecule has 4 atom stereocenters. The lowest BCUT2D eigenvalue weighted by Gasteiger charge is -2.36. The summed E-state index contributed by atoms with van der Waals surface area (Å²) in [5.74, 6) is 0.505. The Hall–Kier alpha value is -3.71. The standard InChI is InChI=1S/C41H52N4O7S/c1-26(2)53(48,49)42-37(46)28-12-14-31-34(16-28)45-23-41(38(47)44-21-39(24-50-4)19-43(3)20-40(39,22-44)25-51-5)18-33(41)32-17-29(52-6)13-15-30(32)36(45)35(31)27-10-8-7-9-11-27/h12-17,27,33H,1,7-11,18-25H2,2-6H3,(H,42,46)/t33-,39-,40?,41-/m0/s1. The molecule has 4 heterocycles. The number of benzene rings is 2. The third kappa shape index (κ3) is 5.57. The molecule has 2 aliphatic carbocycles. The molecule has 0 spiro atoms. The predicted molar refractivity (Wildman–Crippen MR) is 203 cm³/mol. The maximum Gasteiger partial charge on any atom is 0.265 e. The maximum atomic E-state index is 15.4. The quantitative estimate of drug-likeness (QED) is 0.289. The number of nitrogens with zero attached hydrogens (tertiary/aromatic N) is 3. The zero-order chi connectivity index (χ0) is 37.5. The van der Waals surface area contributed by atoms with Gasteiger partial charge in [0.2, 0.25) is 5.91 Å². The summed E-state index contributed by atoms with van der Waals surface area (Å²) in [5, 5.41) is 1.05. The highest BCUT2D eigenvalue weighted by Gasteiger charge is 2.69. The molecule has 284 valence electrons. The van der Waals surface area contributed by atoms with Crippen LogP contribution in [-0.2, 0) is 30.8 Å². The van der Waals surface area contributed by atoms with E-state index in [1.54, 1.807) is 27.4 Å². The highest BCUT2D eigenvalue weighted by atomic mass is 32.2. The molecule has 12 heteroatoms. The van der Waals surface area contributed by atoms with Crippen molar-refractivity contribution in [2.75, 3.05) is 67.8 Å². The number of hydrogen-bond donors (Lipinski definition) is 1. The fourth-order valence-corrected chi connectivity index (χ4v) is 11.4. The Bertz CT molecular complexity index is 2100. The van der Waals surface area contributed by atoms with Gasteiger partial charge in [0, 0.05) is 85.7 Å². The van der Waals surface area contributed by atoms with Gasteiger partial charge < -0.3 is 28.6 Å². The van der Waals surface area contributed by atoms with E-state index in [-0.39, 0.29) is 33.1 Å². The number of nitrogens with one attached hydrogen (secondary N) is 1. The van der Waals surface area contributed by atoms with Crippen LogP contribution in [0.3, 0.4) is 0 Å². The number of rotatable bonds is 10. The lowest BCUT2D eigenvalue weighted by Crippen LogP contribution is -2.46. The van der Waals surface area contributed by atoms with Crippen LogP contribution in [0.5, 0.6) is 5.75 Å². The van der Waals surface area contributed by atoms with Crippen molar-refractivity contribution in [2.45, 2.75) is 63.8 Å². The zero-order valence-electron chi connectivity index (χ0n) is 31.6. The van der Waals surface area contributed by atoms with Crippen LogP contribution in [0.2, 0.25) is 0 Å². The molecule has 2 amide bonds. The second-order valence-electron chi connectivity index (χ2n) is 16.7. The van der Waals surface area contributed by atoms with Crippen molar-refractivity contribution in [1.29, 1.82) is 0 Å². The lowest BCUT2D eigenvalue weighted by atomic mass is 9.69. The second kappa shape index (κ2) is 13.0. The lowest BCUT2D eigenvalue weighted by molar-refractivity contribution is -0.137. The molecule has 2 aromatic carbocycles. The SMILES string of the molecule is C=C(C)S(=O)(=O)NC(=O)c1ccc2c(C3CCCCC3)c3n(c2c1)C[C@@]1(C(=O)N2CC4(COC)CN(C)C[C@@]4(COC)C2)C[C@H]1c1cc(OC)ccc1-3. The summed E-state index contributed by atoms with van der Waals surface area (Å²) >= 11 is 0. The van der Waals surface area contributed by atoms with Gasteiger partial charge in [-0.05, 0) is 80.6 Å². The summed E-state index contributed by atoms with van der Waals surface area (Å²) in [4.78, 5) is 33.2. The van der Waals surface area contributed by atoms with Crippen molar-refractivity contribution in [3.63, 3.8) is 0 Å². The number of likely N-dealkylation sites (tertiary alicyclic amines) is 2. The van der Waals surface area contributed by atoms with E-state index in [4.69, 9.17) is 14.2 Å². The van der Waals surface area contributed by atoms with E-state index in [9.17, 15) is 13.2 Å². The maximum absolute atomic E-state index is 15.4. The van der Waals surface area contributed by atoms with Crippen molar-refractivity contribution < 1.29 is 32.2 Å². The molecule has 53 heavy (non-hydrogen) atoms. The van der Waals surface area contributed by atoms with Crippen molar-refractivity contribution in [1.82, 2.24) is 19.1 Å². The molecule has 3 aliphatic heterocycles. The van der Waals surface area contributed by atoms with Crippen LogP contribution in [-0.4, -0.2) is 102 Å². The van der Waals surface area contributed by atoms with E-state index >= 15 is 4.79 Å². The summed E-state index contributed by atoms with van der Waals surface area (Å²) < 4.78 is 47.3. The zero-order valence-corrected chi connectivity index (χ0v) is 32.4. The average Bonchev–Trinajstić information content (AvgIpc) is 3.60. The van der Waals surface area contributed by atoms with Crippen molar-refractivity contribution in [3.05, 3.63) is 64.6 Å². The van der Waals surface area contributed by atoms with E-state index in [1.807, 2.05) is 18.2 Å². The number of sulfonamides is 1. The van der Waals surface area contributed by atoms with Crippen LogP contribution in [0.25, 0.3) is 22.2 Å². The van der Waals surface area contributed by atoms with Gasteiger partial charge in [-0.15, -0.1) is 0 Å². The number of carbonyl (C=O) groups is 2. The smallest absolute Gasteiger partial charge is 0.265 e. The summed E-state index contributed by atoms with van der Waals surface area (Å²) in [7, 11) is 3.27. The van der Waals surface area contributed by atoms with E-state index in [0.717, 1.165) is 72.2 Å². The van der Waals surface area contributed by atoms with Crippen LogP contribution in [0, 0.1) is 16.2 Å². The number of hydrogen-bond acceptors (Lipinski definition) is 8. The fraction of sp³-hybridized carbons (Fsp3) is 0.561. The Kier molecular flexibility index (Phi) is 8.87. The van der Waals surface area contributed by atoms with E-state index in [2.05, 4.69) is 44.8 Å². The number of amides is 2. The Balaban J connectivity index is 1.29. The molecular weight excluding hydrogens is 693 g/mol. The van der Waals surface area contributed by atoms with Crippen molar-refractivity contribution in [3.8, 4) is 17.0 Å². The van der Waals surface area contributed by atoms with Crippen LogP contribution in [0.1, 0.15) is 78.8 Å². The monoisotopic (exact) mass is 744 g/mol. The number of aromatic nitrogens is 1. The molecule has 1 aromatic heterocycles. The summed E-state index contributed by atoms with van der Waals surface area (Å²) in [6.45, 7) is 9.28. The van der Waals surface area contributed by atoms with Gasteiger partial charge in [0.1, 0.15) is 5.75 Å². The summed E-state index contributed by atoms with van der Waals surface area (Å²) in [5.41, 5.74) is 4.45. The number of ether oxygens (including phenoxy) is 3. The molecular formula is C41H52N4O7S. The highest BCUT2D eigenvalue weighted by molar-refractivity contribution is 7.93. The largest absolute Gasteiger partial charge is 0.497 e. The fourth-order valence-electron chi connectivity index (χ4n) is 10.8. The molecule has 0 radical (unpaired) electrons. The first-order valence-corrected chi connectivity index (χ1v) is 20.3. The van der Waals surface area contributed by atoms with E-state index in [0.29, 0.717) is 45.2 Å². The molecule has 1 N–H and O–H groups in total. The molecule has 0 bridgehead atoms. The molecule has 5 aliphatic rings. The minimum Gasteiger partial charge on any atom is -0.497 e. The van der Waals surface area contributed by atoms with Gasteiger partial charge in [0.25, 0.3) is 15.9 Å². The van der Waals surface area contributed by atoms with Gasteiger partial charge >= 0.3 is 0 Å². The van der Waals surface area contributed by atoms with Gasteiger partial charge in [-0.25, -0.2) is 13.1 Å². The molecule has 1 unspecified atom stereocenters. The Morgan fingerprint density at radius 3 is 2.23 bits per heavy atom. The normalized spacial score (nSPS) is 28.2. The minimum absolute atomic E-state index is 0.0127. The van der Waals surface area contributed by atoms with Crippen LogP contribution in [0.4, 0.5) is 0 Å². The second-order valence-corrected chi connectivity index (χ2v) is 18.6. The minimum atomic E-state index is -4.03. The molecule has 11 nitrogen and oxygen atoms in total.